The molecule has 2 rings (SSSR count). The molecule has 116 valence electrons. The summed E-state index contributed by atoms with van der Waals surface area (Å²) in [6.07, 6.45) is 1.50. The predicted octanol–water partition coefficient (Wildman–Crippen LogP) is 2.09. The largest absolute Gasteiger partial charge is 0.388 e. The maximum Gasteiger partial charge on any atom is 0.239 e. The van der Waals surface area contributed by atoms with Crippen molar-refractivity contribution in [3.63, 3.8) is 0 Å². The number of amides is 1. The summed E-state index contributed by atoms with van der Waals surface area (Å²) in [6.45, 7) is 4.63. The lowest BCUT2D eigenvalue weighted by Crippen LogP contribution is -2.46. The number of nitrogens with one attached hydrogen (secondary N) is 2. The van der Waals surface area contributed by atoms with Crippen LogP contribution in [0, 0.1) is 13.8 Å². The van der Waals surface area contributed by atoms with Crippen LogP contribution in [-0.2, 0) is 4.79 Å². The molecule has 0 unspecified atom stereocenters. The van der Waals surface area contributed by atoms with Gasteiger partial charge in [0.25, 0.3) is 0 Å². The van der Waals surface area contributed by atoms with E-state index >= 15 is 0 Å². The number of thioether (sulfide) groups is 1. The Morgan fingerprint density at radius 3 is 2.52 bits per heavy atom. The highest BCUT2D eigenvalue weighted by Crippen LogP contribution is 2.26. The minimum Gasteiger partial charge on any atom is -0.388 e. The second-order valence-corrected chi connectivity index (χ2v) is 6.96. The van der Waals surface area contributed by atoms with Crippen molar-refractivity contribution in [2.45, 2.75) is 32.3 Å². The van der Waals surface area contributed by atoms with Gasteiger partial charge in [0.05, 0.1) is 12.1 Å². The SMILES string of the molecule is Cc1cccc(C)c1NCC(=O)NCC1(O)CCSCC1. The fourth-order valence-electron chi connectivity index (χ4n) is 2.52. The summed E-state index contributed by atoms with van der Waals surface area (Å²) in [6, 6.07) is 6.05. The van der Waals surface area contributed by atoms with E-state index in [2.05, 4.69) is 10.6 Å². The molecule has 4 nitrogen and oxygen atoms in total. The van der Waals surface area contributed by atoms with Gasteiger partial charge in [0.15, 0.2) is 0 Å². The molecule has 1 saturated heterocycles. The van der Waals surface area contributed by atoms with Gasteiger partial charge in [-0.05, 0) is 49.3 Å². The van der Waals surface area contributed by atoms with Crippen molar-refractivity contribution in [1.82, 2.24) is 5.32 Å². The number of para-hydroxylation sites is 1. The topological polar surface area (TPSA) is 61.4 Å². The Labute approximate surface area is 130 Å². The van der Waals surface area contributed by atoms with Crippen LogP contribution in [0.1, 0.15) is 24.0 Å². The molecule has 0 spiro atoms. The van der Waals surface area contributed by atoms with E-state index in [1.54, 1.807) is 0 Å². The Hall–Kier alpha value is -1.20. The van der Waals surface area contributed by atoms with Crippen LogP contribution in [0.2, 0.25) is 0 Å². The van der Waals surface area contributed by atoms with E-state index in [0.717, 1.165) is 41.2 Å². The molecule has 1 heterocycles. The molecule has 1 aliphatic rings. The molecule has 1 aromatic carbocycles. The van der Waals surface area contributed by atoms with E-state index in [1.807, 2.05) is 43.8 Å². The molecule has 1 aromatic rings. The standard InChI is InChI=1S/C16H24N2O2S/c1-12-4-3-5-13(2)15(12)17-10-14(19)18-11-16(20)6-8-21-9-7-16/h3-5,17,20H,6-11H2,1-2H3,(H,18,19). The molecule has 0 saturated carbocycles. The molecule has 1 aliphatic heterocycles. The molecule has 0 radical (unpaired) electrons. The molecule has 1 fully saturated rings. The predicted molar refractivity (Wildman–Crippen MR) is 88.9 cm³/mol. The minimum absolute atomic E-state index is 0.0793. The summed E-state index contributed by atoms with van der Waals surface area (Å²) >= 11 is 1.86. The molecular formula is C16H24N2O2S. The van der Waals surface area contributed by atoms with E-state index in [4.69, 9.17) is 0 Å². The molecule has 1 amide bonds. The second kappa shape index (κ2) is 7.18. The third kappa shape index (κ3) is 4.64. The number of anilines is 1. The van der Waals surface area contributed by atoms with E-state index in [-0.39, 0.29) is 12.5 Å². The first kappa shape index (κ1) is 16.2. The number of carbonyl (C=O) groups excluding carboxylic acids is 1. The number of benzene rings is 1. The van der Waals surface area contributed by atoms with Crippen molar-refractivity contribution < 1.29 is 9.90 Å². The van der Waals surface area contributed by atoms with Gasteiger partial charge in [-0.3, -0.25) is 4.79 Å². The van der Waals surface area contributed by atoms with E-state index < -0.39 is 5.60 Å². The molecule has 5 heteroatoms. The van der Waals surface area contributed by atoms with Gasteiger partial charge in [0.2, 0.25) is 5.91 Å². The van der Waals surface area contributed by atoms with Gasteiger partial charge >= 0.3 is 0 Å². The Balaban J connectivity index is 1.80. The lowest BCUT2D eigenvalue weighted by atomic mass is 9.97. The number of rotatable bonds is 5. The van der Waals surface area contributed by atoms with Crippen LogP contribution in [0.3, 0.4) is 0 Å². The quantitative estimate of drug-likeness (QED) is 0.779. The third-order valence-electron chi connectivity index (χ3n) is 3.94. The van der Waals surface area contributed by atoms with E-state index in [0.29, 0.717) is 6.54 Å². The summed E-state index contributed by atoms with van der Waals surface area (Å²) in [4.78, 5) is 11.9. The first-order valence-corrected chi connectivity index (χ1v) is 8.53. The van der Waals surface area contributed by atoms with Gasteiger partial charge < -0.3 is 15.7 Å². The third-order valence-corrected chi connectivity index (χ3v) is 4.93. The average molecular weight is 308 g/mol. The molecule has 0 bridgehead atoms. The zero-order valence-corrected chi connectivity index (χ0v) is 13.6. The van der Waals surface area contributed by atoms with Crippen molar-refractivity contribution in [1.29, 1.82) is 0 Å². The van der Waals surface area contributed by atoms with Crippen LogP contribution in [0.4, 0.5) is 5.69 Å². The molecular weight excluding hydrogens is 284 g/mol. The van der Waals surface area contributed by atoms with E-state index in [9.17, 15) is 9.90 Å². The normalized spacial score (nSPS) is 17.3. The lowest BCUT2D eigenvalue weighted by molar-refractivity contribution is -0.120. The Morgan fingerprint density at radius 1 is 1.29 bits per heavy atom. The van der Waals surface area contributed by atoms with Crippen LogP contribution in [-0.4, -0.2) is 41.2 Å². The summed E-state index contributed by atoms with van der Waals surface area (Å²) in [5.74, 6) is 1.85. The molecule has 0 aliphatic carbocycles. The molecule has 0 atom stereocenters. The van der Waals surface area contributed by atoms with Crippen LogP contribution in [0.5, 0.6) is 0 Å². The van der Waals surface area contributed by atoms with Gasteiger partial charge in [-0.2, -0.15) is 11.8 Å². The Bertz CT molecular complexity index is 479. The Kier molecular flexibility index (Phi) is 5.53. The highest BCUT2D eigenvalue weighted by molar-refractivity contribution is 7.99. The second-order valence-electron chi connectivity index (χ2n) is 5.73. The number of carbonyl (C=O) groups is 1. The van der Waals surface area contributed by atoms with Crippen molar-refractivity contribution in [3.05, 3.63) is 29.3 Å². The highest BCUT2D eigenvalue weighted by Gasteiger charge is 2.29. The molecule has 3 N–H and O–H groups in total. The molecule has 0 aromatic heterocycles. The summed E-state index contributed by atoms with van der Waals surface area (Å²) in [5.41, 5.74) is 2.55. The van der Waals surface area contributed by atoms with Crippen molar-refractivity contribution >= 4 is 23.4 Å². The van der Waals surface area contributed by atoms with Crippen molar-refractivity contribution in [2.75, 3.05) is 29.9 Å². The first-order valence-electron chi connectivity index (χ1n) is 7.37. The Morgan fingerprint density at radius 2 is 1.90 bits per heavy atom. The van der Waals surface area contributed by atoms with Gasteiger partial charge in [0, 0.05) is 12.2 Å². The van der Waals surface area contributed by atoms with Crippen LogP contribution >= 0.6 is 11.8 Å². The fourth-order valence-corrected chi connectivity index (χ4v) is 3.77. The zero-order valence-electron chi connectivity index (χ0n) is 12.7. The van der Waals surface area contributed by atoms with Gasteiger partial charge in [-0.15, -0.1) is 0 Å². The van der Waals surface area contributed by atoms with Crippen molar-refractivity contribution in [2.24, 2.45) is 0 Å². The number of aliphatic hydroxyl groups is 1. The number of hydrogen-bond donors (Lipinski definition) is 3. The monoisotopic (exact) mass is 308 g/mol. The summed E-state index contributed by atoms with van der Waals surface area (Å²) in [5, 5.41) is 16.4. The highest BCUT2D eigenvalue weighted by atomic mass is 32.2. The first-order chi connectivity index (χ1) is 10.0. The van der Waals surface area contributed by atoms with Crippen LogP contribution < -0.4 is 10.6 Å². The van der Waals surface area contributed by atoms with Crippen LogP contribution in [0.15, 0.2) is 18.2 Å². The zero-order chi connectivity index (χ0) is 15.3. The van der Waals surface area contributed by atoms with Gasteiger partial charge in [-0.25, -0.2) is 0 Å². The van der Waals surface area contributed by atoms with Gasteiger partial charge in [0.1, 0.15) is 0 Å². The average Bonchev–Trinajstić information content (AvgIpc) is 2.45. The van der Waals surface area contributed by atoms with Crippen molar-refractivity contribution in [3.8, 4) is 0 Å². The number of hydrogen-bond acceptors (Lipinski definition) is 4. The maximum absolute atomic E-state index is 11.9. The van der Waals surface area contributed by atoms with Gasteiger partial charge in [-0.1, -0.05) is 18.2 Å². The van der Waals surface area contributed by atoms with E-state index in [1.165, 1.54) is 0 Å². The lowest BCUT2D eigenvalue weighted by Gasteiger charge is -2.31. The summed E-state index contributed by atoms with van der Waals surface area (Å²) < 4.78 is 0. The number of aryl methyl sites for hydroxylation is 2. The smallest absolute Gasteiger partial charge is 0.239 e. The minimum atomic E-state index is -0.723. The fraction of sp³-hybridized carbons (Fsp3) is 0.562. The van der Waals surface area contributed by atoms with Crippen LogP contribution in [0.25, 0.3) is 0 Å². The maximum atomic E-state index is 11.9. The summed E-state index contributed by atoms with van der Waals surface area (Å²) in [7, 11) is 0. The molecule has 21 heavy (non-hydrogen) atoms.